The van der Waals surface area contributed by atoms with Crippen molar-refractivity contribution in [3.05, 3.63) is 69.7 Å². The first-order valence-electron chi connectivity index (χ1n) is 8.51. The Morgan fingerprint density at radius 2 is 1.96 bits per heavy atom. The first-order valence-corrected chi connectivity index (χ1v) is 8.89. The van der Waals surface area contributed by atoms with E-state index in [9.17, 15) is 14.7 Å². The largest absolute Gasteiger partial charge is 0.478 e. The van der Waals surface area contributed by atoms with Gasteiger partial charge in [-0.05, 0) is 41.3 Å². The molecule has 2 N–H and O–H groups in total. The van der Waals surface area contributed by atoms with Crippen LogP contribution in [0.5, 0.6) is 0 Å². The molecular formula is C20H22ClNO5. The fraction of sp³-hybridized carbons (Fsp3) is 0.300. The zero-order valence-corrected chi connectivity index (χ0v) is 16.0. The number of hydrogen-bond donors (Lipinski definition) is 2. The normalized spacial score (nSPS) is 11.7. The van der Waals surface area contributed by atoms with E-state index in [0.717, 1.165) is 11.1 Å². The SMILES string of the molecule is CCc1c(C(=O)O)cccc1[C@H](OCCNC(=O)OC)c1cccc(Cl)c1. The Bertz CT molecular complexity index is 809. The van der Waals surface area contributed by atoms with Gasteiger partial charge in [0, 0.05) is 11.6 Å². The van der Waals surface area contributed by atoms with Crippen molar-refractivity contribution >= 4 is 23.7 Å². The molecule has 0 saturated heterocycles. The van der Waals surface area contributed by atoms with Crippen LogP contribution in [0, 0.1) is 0 Å². The van der Waals surface area contributed by atoms with E-state index in [0.29, 0.717) is 17.0 Å². The van der Waals surface area contributed by atoms with Crippen LogP contribution in [0.25, 0.3) is 0 Å². The van der Waals surface area contributed by atoms with Crippen LogP contribution in [0.3, 0.4) is 0 Å². The van der Waals surface area contributed by atoms with E-state index in [4.69, 9.17) is 16.3 Å². The number of carboxylic acids is 1. The maximum atomic E-state index is 11.6. The Balaban J connectivity index is 2.36. The summed E-state index contributed by atoms with van der Waals surface area (Å²) in [7, 11) is 1.29. The Kier molecular flexibility index (Phi) is 7.64. The Labute approximate surface area is 163 Å². The number of benzene rings is 2. The van der Waals surface area contributed by atoms with Crippen LogP contribution in [0.1, 0.15) is 40.1 Å². The number of nitrogens with one attached hydrogen (secondary N) is 1. The molecule has 0 saturated carbocycles. The third-order valence-electron chi connectivity index (χ3n) is 4.07. The number of halogens is 1. The summed E-state index contributed by atoms with van der Waals surface area (Å²) < 4.78 is 10.6. The average Bonchev–Trinajstić information content (AvgIpc) is 2.67. The molecule has 6 nitrogen and oxygen atoms in total. The first kappa shape index (κ1) is 20.7. The fourth-order valence-electron chi connectivity index (χ4n) is 2.88. The Morgan fingerprint density at radius 3 is 2.59 bits per heavy atom. The molecule has 144 valence electrons. The van der Waals surface area contributed by atoms with Gasteiger partial charge in [0.1, 0.15) is 6.10 Å². The predicted molar refractivity (Wildman–Crippen MR) is 102 cm³/mol. The Morgan fingerprint density at radius 1 is 1.22 bits per heavy atom. The molecule has 0 bridgehead atoms. The second kappa shape index (κ2) is 9.94. The van der Waals surface area contributed by atoms with Crippen LogP contribution >= 0.6 is 11.6 Å². The van der Waals surface area contributed by atoms with E-state index in [2.05, 4.69) is 10.1 Å². The highest BCUT2D eigenvalue weighted by atomic mass is 35.5. The molecule has 0 unspecified atom stereocenters. The predicted octanol–water partition coefficient (Wildman–Crippen LogP) is 4.06. The molecule has 1 amide bonds. The zero-order chi connectivity index (χ0) is 19.8. The van der Waals surface area contributed by atoms with Crippen LogP contribution in [-0.4, -0.2) is 37.4 Å². The fourth-order valence-corrected chi connectivity index (χ4v) is 3.08. The van der Waals surface area contributed by atoms with Gasteiger partial charge >= 0.3 is 12.1 Å². The van der Waals surface area contributed by atoms with Crippen LogP contribution in [0.2, 0.25) is 5.02 Å². The first-order chi connectivity index (χ1) is 13.0. The lowest BCUT2D eigenvalue weighted by Crippen LogP contribution is -2.27. The number of methoxy groups -OCH3 is 1. The van der Waals surface area contributed by atoms with E-state index >= 15 is 0 Å². The molecule has 0 aromatic heterocycles. The van der Waals surface area contributed by atoms with Crippen LogP contribution in [0.4, 0.5) is 4.79 Å². The van der Waals surface area contributed by atoms with Crippen molar-refractivity contribution in [1.82, 2.24) is 5.32 Å². The maximum Gasteiger partial charge on any atom is 0.406 e. The summed E-state index contributed by atoms with van der Waals surface area (Å²) in [5.41, 5.74) is 2.52. The molecule has 0 radical (unpaired) electrons. The highest BCUT2D eigenvalue weighted by Gasteiger charge is 2.22. The number of amides is 1. The smallest absolute Gasteiger partial charge is 0.406 e. The second-order valence-corrected chi connectivity index (χ2v) is 6.19. The van der Waals surface area contributed by atoms with Gasteiger partial charge in [-0.15, -0.1) is 0 Å². The quantitative estimate of drug-likeness (QED) is 0.663. The molecule has 0 aliphatic heterocycles. The number of alkyl carbamates (subject to hydrolysis) is 1. The van der Waals surface area contributed by atoms with Crippen molar-refractivity contribution in [2.24, 2.45) is 0 Å². The van der Waals surface area contributed by atoms with E-state index in [-0.39, 0.29) is 18.7 Å². The van der Waals surface area contributed by atoms with E-state index in [1.54, 1.807) is 24.3 Å². The van der Waals surface area contributed by atoms with Crippen molar-refractivity contribution in [3.63, 3.8) is 0 Å². The summed E-state index contributed by atoms with van der Waals surface area (Å²) in [4.78, 5) is 22.8. The summed E-state index contributed by atoms with van der Waals surface area (Å²) in [5.74, 6) is -0.981. The van der Waals surface area contributed by atoms with Gasteiger partial charge in [0.25, 0.3) is 0 Å². The lowest BCUT2D eigenvalue weighted by molar-refractivity contribution is 0.0691. The standard InChI is InChI=1S/C20H22ClNO5/c1-3-15-16(8-5-9-17(15)19(23)24)18(13-6-4-7-14(21)12-13)27-11-10-22-20(25)26-2/h4-9,12,18H,3,10-11H2,1-2H3,(H,22,25)(H,23,24)/t18-/m1/s1. The molecule has 7 heteroatoms. The van der Waals surface area contributed by atoms with Gasteiger partial charge in [0.15, 0.2) is 0 Å². The minimum Gasteiger partial charge on any atom is -0.478 e. The van der Waals surface area contributed by atoms with Gasteiger partial charge in [-0.3, -0.25) is 0 Å². The average molecular weight is 392 g/mol. The van der Waals surface area contributed by atoms with Crippen molar-refractivity contribution in [1.29, 1.82) is 0 Å². The van der Waals surface area contributed by atoms with Gasteiger partial charge in [-0.25, -0.2) is 9.59 Å². The minimum absolute atomic E-state index is 0.215. The molecule has 0 aliphatic carbocycles. The second-order valence-electron chi connectivity index (χ2n) is 5.76. The number of aromatic carboxylic acids is 1. The van der Waals surface area contributed by atoms with Crippen molar-refractivity contribution in [2.45, 2.75) is 19.4 Å². The molecular weight excluding hydrogens is 370 g/mol. The van der Waals surface area contributed by atoms with E-state index in [1.807, 2.05) is 25.1 Å². The van der Waals surface area contributed by atoms with E-state index in [1.165, 1.54) is 7.11 Å². The monoisotopic (exact) mass is 391 g/mol. The molecule has 0 spiro atoms. The van der Waals surface area contributed by atoms with E-state index < -0.39 is 18.2 Å². The van der Waals surface area contributed by atoms with Crippen LogP contribution < -0.4 is 5.32 Å². The molecule has 27 heavy (non-hydrogen) atoms. The van der Waals surface area contributed by atoms with Crippen LogP contribution in [-0.2, 0) is 15.9 Å². The molecule has 2 aromatic carbocycles. The van der Waals surface area contributed by atoms with Crippen LogP contribution in [0.15, 0.2) is 42.5 Å². The highest BCUT2D eigenvalue weighted by molar-refractivity contribution is 6.30. The summed E-state index contributed by atoms with van der Waals surface area (Å²) >= 11 is 6.13. The number of carbonyl (C=O) groups is 2. The third kappa shape index (κ3) is 5.45. The van der Waals surface area contributed by atoms with Gasteiger partial charge in [-0.1, -0.05) is 42.8 Å². The molecule has 2 rings (SSSR count). The lowest BCUT2D eigenvalue weighted by atomic mass is 9.92. The number of ether oxygens (including phenoxy) is 2. The summed E-state index contributed by atoms with van der Waals surface area (Å²) in [6.07, 6.45) is -0.518. The molecule has 0 heterocycles. The maximum absolute atomic E-state index is 11.6. The molecule has 2 aromatic rings. The summed E-state index contributed by atoms with van der Waals surface area (Å²) in [6, 6.07) is 12.4. The minimum atomic E-state index is -0.981. The van der Waals surface area contributed by atoms with Gasteiger partial charge in [0.2, 0.25) is 0 Å². The summed E-state index contributed by atoms with van der Waals surface area (Å²) in [6.45, 7) is 2.37. The molecule has 1 atom stereocenters. The molecule has 0 aliphatic rings. The van der Waals surface area contributed by atoms with Crippen molar-refractivity contribution in [3.8, 4) is 0 Å². The van der Waals surface area contributed by atoms with Gasteiger partial charge < -0.3 is 19.9 Å². The van der Waals surface area contributed by atoms with Gasteiger partial charge in [-0.2, -0.15) is 0 Å². The number of carboxylic acid groups (broad SMARTS) is 1. The number of hydrogen-bond acceptors (Lipinski definition) is 4. The number of rotatable bonds is 8. The summed E-state index contributed by atoms with van der Waals surface area (Å²) in [5, 5.41) is 12.6. The molecule has 0 fully saturated rings. The van der Waals surface area contributed by atoms with Crippen molar-refractivity contribution in [2.75, 3.05) is 20.3 Å². The lowest BCUT2D eigenvalue weighted by Gasteiger charge is -2.23. The number of carbonyl (C=O) groups excluding carboxylic acids is 1. The topological polar surface area (TPSA) is 84.9 Å². The van der Waals surface area contributed by atoms with Crippen molar-refractivity contribution < 1.29 is 24.2 Å². The third-order valence-corrected chi connectivity index (χ3v) is 4.31. The Hall–Kier alpha value is -2.57. The highest BCUT2D eigenvalue weighted by Crippen LogP contribution is 2.32. The van der Waals surface area contributed by atoms with Gasteiger partial charge in [0.05, 0.1) is 19.3 Å². The zero-order valence-electron chi connectivity index (χ0n) is 15.2.